The summed E-state index contributed by atoms with van der Waals surface area (Å²) in [5, 5.41) is 5.37. The van der Waals surface area contributed by atoms with Crippen LogP contribution in [0.15, 0.2) is 58.4 Å². The van der Waals surface area contributed by atoms with Crippen LogP contribution in [0.5, 0.6) is 0 Å². The lowest BCUT2D eigenvalue weighted by Gasteiger charge is -2.01. The fourth-order valence-electron chi connectivity index (χ4n) is 1.85. The number of carbonyl (C=O) groups is 1. The maximum atomic E-state index is 12.2. The first kappa shape index (κ1) is 15.6. The van der Waals surface area contributed by atoms with Gasteiger partial charge in [0.2, 0.25) is 0 Å². The van der Waals surface area contributed by atoms with E-state index >= 15 is 0 Å². The molecule has 110 valence electrons. The van der Waals surface area contributed by atoms with Crippen molar-refractivity contribution in [3.63, 3.8) is 0 Å². The number of aromatic nitrogens is 1. The highest BCUT2D eigenvalue weighted by molar-refractivity contribution is 14.1. The molecule has 0 radical (unpaired) electrons. The minimum absolute atomic E-state index is 0.156. The van der Waals surface area contributed by atoms with Crippen molar-refractivity contribution in [1.29, 1.82) is 0 Å². The predicted molar refractivity (Wildman–Crippen MR) is 102 cm³/mol. The number of halogens is 2. The molecule has 1 aromatic heterocycles. The third-order valence-electron chi connectivity index (χ3n) is 2.97. The molecule has 3 nitrogen and oxygen atoms in total. The SMILES string of the molecule is O=C(Nc1nc(-c2ccc(I)cc2)cs1)c1ccc(Br)cc1. The largest absolute Gasteiger partial charge is 0.298 e. The van der Waals surface area contributed by atoms with Crippen LogP contribution in [0.1, 0.15) is 10.4 Å². The highest BCUT2D eigenvalue weighted by Crippen LogP contribution is 2.25. The Hall–Kier alpha value is -1.25. The molecule has 1 heterocycles. The molecular formula is C16H10BrIN2OS. The van der Waals surface area contributed by atoms with E-state index < -0.39 is 0 Å². The number of amides is 1. The van der Waals surface area contributed by atoms with Gasteiger partial charge in [-0.1, -0.05) is 28.1 Å². The predicted octanol–water partition coefficient (Wildman–Crippen LogP) is 5.43. The van der Waals surface area contributed by atoms with Gasteiger partial charge in [-0.15, -0.1) is 11.3 Å². The molecule has 0 unspecified atom stereocenters. The number of nitrogens with zero attached hydrogens (tertiary/aromatic N) is 1. The Bertz CT molecular complexity index is 800. The van der Waals surface area contributed by atoms with E-state index in [0.717, 1.165) is 15.7 Å². The lowest BCUT2D eigenvalue weighted by atomic mass is 10.2. The van der Waals surface area contributed by atoms with Crippen LogP contribution in [0.25, 0.3) is 11.3 Å². The molecule has 0 bridgehead atoms. The number of hydrogen-bond acceptors (Lipinski definition) is 3. The first-order valence-corrected chi connectivity index (χ1v) is 9.15. The molecule has 0 aliphatic heterocycles. The Kier molecular flexibility index (Phi) is 4.90. The summed E-state index contributed by atoms with van der Waals surface area (Å²) in [5.41, 5.74) is 2.52. The molecule has 6 heteroatoms. The van der Waals surface area contributed by atoms with Crippen LogP contribution in [0.3, 0.4) is 0 Å². The third-order valence-corrected chi connectivity index (χ3v) is 4.98. The van der Waals surface area contributed by atoms with Gasteiger partial charge in [-0.2, -0.15) is 0 Å². The Balaban J connectivity index is 1.75. The van der Waals surface area contributed by atoms with Crippen molar-refractivity contribution in [1.82, 2.24) is 4.98 Å². The second-order valence-electron chi connectivity index (χ2n) is 4.51. The lowest BCUT2D eigenvalue weighted by molar-refractivity contribution is 0.102. The van der Waals surface area contributed by atoms with Crippen molar-refractivity contribution in [2.45, 2.75) is 0 Å². The zero-order chi connectivity index (χ0) is 15.5. The Morgan fingerprint density at radius 3 is 2.45 bits per heavy atom. The van der Waals surface area contributed by atoms with Crippen LogP contribution in [0.4, 0.5) is 5.13 Å². The van der Waals surface area contributed by atoms with Gasteiger partial charge in [0.25, 0.3) is 5.91 Å². The number of hydrogen-bond donors (Lipinski definition) is 1. The van der Waals surface area contributed by atoms with Gasteiger partial charge in [0.15, 0.2) is 5.13 Å². The second kappa shape index (κ2) is 6.89. The number of rotatable bonds is 3. The minimum atomic E-state index is -0.156. The highest BCUT2D eigenvalue weighted by Gasteiger charge is 2.10. The topological polar surface area (TPSA) is 42.0 Å². The second-order valence-corrected chi connectivity index (χ2v) is 7.53. The van der Waals surface area contributed by atoms with Crippen molar-refractivity contribution in [2.75, 3.05) is 5.32 Å². The van der Waals surface area contributed by atoms with Crippen molar-refractivity contribution >= 4 is 60.9 Å². The Morgan fingerprint density at radius 1 is 1.09 bits per heavy atom. The monoisotopic (exact) mass is 484 g/mol. The van der Waals surface area contributed by atoms with Gasteiger partial charge in [0.1, 0.15) is 0 Å². The molecule has 0 atom stereocenters. The molecule has 0 aliphatic rings. The fourth-order valence-corrected chi connectivity index (χ4v) is 3.19. The van der Waals surface area contributed by atoms with Crippen LogP contribution >= 0.6 is 49.9 Å². The third kappa shape index (κ3) is 3.74. The maximum Gasteiger partial charge on any atom is 0.257 e. The standard InChI is InChI=1S/C16H10BrIN2OS/c17-12-5-1-11(2-6-12)15(21)20-16-19-14(9-22-16)10-3-7-13(18)8-4-10/h1-9H,(H,19,20,21). The molecule has 0 fully saturated rings. The first-order chi connectivity index (χ1) is 10.6. The molecule has 2 aromatic carbocycles. The summed E-state index contributed by atoms with van der Waals surface area (Å²) < 4.78 is 2.12. The first-order valence-electron chi connectivity index (χ1n) is 6.40. The van der Waals surface area contributed by atoms with Gasteiger partial charge in [0.05, 0.1) is 5.69 Å². The van der Waals surface area contributed by atoms with Crippen LogP contribution < -0.4 is 5.32 Å². The van der Waals surface area contributed by atoms with E-state index in [-0.39, 0.29) is 5.91 Å². The molecule has 3 aromatic rings. The van der Waals surface area contributed by atoms with Crippen LogP contribution in [0.2, 0.25) is 0 Å². The van der Waals surface area contributed by atoms with E-state index in [4.69, 9.17) is 0 Å². The van der Waals surface area contributed by atoms with Crippen molar-refractivity contribution in [3.05, 3.63) is 67.5 Å². The molecule has 22 heavy (non-hydrogen) atoms. The maximum absolute atomic E-state index is 12.2. The zero-order valence-electron chi connectivity index (χ0n) is 11.2. The Morgan fingerprint density at radius 2 is 1.77 bits per heavy atom. The van der Waals surface area contributed by atoms with Crippen molar-refractivity contribution < 1.29 is 4.79 Å². The summed E-state index contributed by atoms with van der Waals surface area (Å²) in [5.74, 6) is -0.156. The average Bonchev–Trinajstić information content (AvgIpc) is 2.97. The summed E-state index contributed by atoms with van der Waals surface area (Å²) in [7, 11) is 0. The lowest BCUT2D eigenvalue weighted by Crippen LogP contribution is -2.11. The summed E-state index contributed by atoms with van der Waals surface area (Å²) in [6, 6.07) is 15.3. The average molecular weight is 485 g/mol. The van der Waals surface area contributed by atoms with E-state index in [1.807, 2.05) is 41.8 Å². The molecule has 0 saturated heterocycles. The molecule has 1 amide bonds. The molecule has 0 aliphatic carbocycles. The summed E-state index contributed by atoms with van der Waals surface area (Å²) in [6.07, 6.45) is 0. The normalized spacial score (nSPS) is 10.5. The van der Waals surface area contributed by atoms with E-state index in [1.54, 1.807) is 12.1 Å². The summed E-state index contributed by atoms with van der Waals surface area (Å²) in [6.45, 7) is 0. The molecular weight excluding hydrogens is 475 g/mol. The van der Waals surface area contributed by atoms with E-state index in [2.05, 4.69) is 48.8 Å². The van der Waals surface area contributed by atoms with Crippen molar-refractivity contribution in [3.8, 4) is 11.3 Å². The van der Waals surface area contributed by atoms with Gasteiger partial charge < -0.3 is 0 Å². The van der Waals surface area contributed by atoms with Gasteiger partial charge in [-0.3, -0.25) is 10.1 Å². The van der Waals surface area contributed by atoms with Gasteiger partial charge in [-0.25, -0.2) is 4.98 Å². The van der Waals surface area contributed by atoms with E-state index in [9.17, 15) is 4.79 Å². The van der Waals surface area contributed by atoms with Crippen LogP contribution in [-0.4, -0.2) is 10.9 Å². The Labute approximate surface area is 154 Å². The van der Waals surface area contributed by atoms with E-state index in [0.29, 0.717) is 10.7 Å². The zero-order valence-corrected chi connectivity index (χ0v) is 15.8. The number of nitrogens with one attached hydrogen (secondary N) is 1. The minimum Gasteiger partial charge on any atom is -0.298 e. The number of anilines is 1. The fraction of sp³-hybridized carbons (Fsp3) is 0. The molecule has 3 rings (SSSR count). The van der Waals surface area contributed by atoms with Gasteiger partial charge in [0, 0.05) is 24.5 Å². The summed E-state index contributed by atoms with van der Waals surface area (Å²) >= 11 is 7.04. The molecule has 0 saturated carbocycles. The number of thiazole rings is 1. The van der Waals surface area contributed by atoms with Crippen LogP contribution in [-0.2, 0) is 0 Å². The highest BCUT2D eigenvalue weighted by atomic mass is 127. The van der Waals surface area contributed by atoms with Crippen LogP contribution in [0, 0.1) is 3.57 Å². The number of carbonyl (C=O) groups excluding carboxylic acids is 1. The van der Waals surface area contributed by atoms with Gasteiger partial charge in [-0.05, 0) is 59.0 Å². The quantitative estimate of drug-likeness (QED) is 0.503. The van der Waals surface area contributed by atoms with Gasteiger partial charge >= 0.3 is 0 Å². The summed E-state index contributed by atoms with van der Waals surface area (Å²) in [4.78, 5) is 16.6. The van der Waals surface area contributed by atoms with Crippen molar-refractivity contribution in [2.24, 2.45) is 0 Å². The smallest absolute Gasteiger partial charge is 0.257 e. The van der Waals surface area contributed by atoms with E-state index in [1.165, 1.54) is 14.9 Å². The molecule has 1 N–H and O–H groups in total. The molecule has 0 spiro atoms. The number of benzene rings is 2.